The van der Waals surface area contributed by atoms with Gasteiger partial charge in [0.25, 0.3) is 0 Å². The zero-order valence-corrected chi connectivity index (χ0v) is 11.2. The molecular weight excluding hydrogens is 260 g/mol. The summed E-state index contributed by atoms with van der Waals surface area (Å²) in [5.74, 6) is 0. The summed E-state index contributed by atoms with van der Waals surface area (Å²) in [7, 11) is 0. The highest BCUT2D eigenvalue weighted by Gasteiger charge is 2.16. The number of nitrogens with zero attached hydrogens (tertiary/aromatic N) is 4. The number of aliphatic hydroxyl groups is 1. The number of halogens is 1. The van der Waals surface area contributed by atoms with Crippen molar-refractivity contribution in [2.24, 2.45) is 0 Å². The maximum Gasteiger partial charge on any atom is 0.183 e. The van der Waals surface area contributed by atoms with Gasteiger partial charge in [-0.05, 0) is 13.8 Å². The lowest BCUT2D eigenvalue weighted by Crippen LogP contribution is -2.22. The highest BCUT2D eigenvalue weighted by atomic mass is 35.5. The van der Waals surface area contributed by atoms with Gasteiger partial charge in [0.05, 0.1) is 23.5 Å². The molecule has 0 unspecified atom stereocenters. The minimum Gasteiger partial charge on any atom is -0.390 e. The van der Waals surface area contributed by atoms with Gasteiger partial charge in [-0.25, -0.2) is 9.67 Å². The molecule has 5 nitrogen and oxygen atoms in total. The minimum atomic E-state index is -0.773. The molecule has 0 amide bonds. The smallest absolute Gasteiger partial charge is 0.183 e. The van der Waals surface area contributed by atoms with Gasteiger partial charge in [0, 0.05) is 18.0 Å². The molecular formula is C10H13ClN4OS. The summed E-state index contributed by atoms with van der Waals surface area (Å²) >= 11 is 7.14. The van der Waals surface area contributed by atoms with Crippen molar-refractivity contribution in [3.05, 3.63) is 27.4 Å². The molecule has 92 valence electrons. The number of rotatable bonds is 4. The quantitative estimate of drug-likeness (QED) is 0.921. The number of thiazole rings is 1. The highest BCUT2D eigenvalue weighted by molar-refractivity contribution is 7.13. The van der Waals surface area contributed by atoms with Crippen molar-refractivity contribution >= 4 is 22.9 Å². The third-order valence-corrected chi connectivity index (χ3v) is 3.08. The zero-order chi connectivity index (χ0) is 12.5. The lowest BCUT2D eigenvalue weighted by Gasteiger charge is -2.13. The van der Waals surface area contributed by atoms with Gasteiger partial charge in [-0.1, -0.05) is 16.8 Å². The first-order chi connectivity index (χ1) is 7.92. The second kappa shape index (κ2) is 4.72. The fourth-order valence-corrected chi connectivity index (χ4v) is 2.23. The molecule has 17 heavy (non-hydrogen) atoms. The van der Waals surface area contributed by atoms with Crippen LogP contribution in [0.3, 0.4) is 0 Å². The average molecular weight is 273 g/mol. The molecule has 0 fully saturated rings. The lowest BCUT2D eigenvalue weighted by molar-refractivity contribution is 0.0799. The van der Waals surface area contributed by atoms with Gasteiger partial charge in [-0.15, -0.1) is 16.4 Å². The Morgan fingerprint density at radius 1 is 1.47 bits per heavy atom. The van der Waals surface area contributed by atoms with Crippen LogP contribution in [0.4, 0.5) is 0 Å². The molecule has 2 aromatic heterocycles. The van der Waals surface area contributed by atoms with E-state index in [1.165, 1.54) is 11.3 Å². The molecule has 7 heteroatoms. The fraction of sp³-hybridized carbons (Fsp3) is 0.500. The molecule has 0 saturated carbocycles. The van der Waals surface area contributed by atoms with Crippen LogP contribution >= 0.6 is 22.9 Å². The number of aromatic nitrogens is 4. The standard InChI is InChI=1S/C10H13ClN4OS/c1-10(2,16)3-7-4-15(14-13-7)5-8-6-17-9(11)12-8/h4,6,16H,3,5H2,1-2H3. The normalized spacial score (nSPS) is 12.0. The van der Waals surface area contributed by atoms with Crippen LogP contribution in [0.5, 0.6) is 0 Å². The first-order valence-electron chi connectivity index (χ1n) is 5.14. The molecule has 0 aliphatic heterocycles. The molecule has 2 aromatic rings. The Kier molecular flexibility index (Phi) is 3.46. The van der Waals surface area contributed by atoms with Crippen LogP contribution in [-0.2, 0) is 13.0 Å². The van der Waals surface area contributed by atoms with Gasteiger partial charge in [-0.2, -0.15) is 0 Å². The van der Waals surface area contributed by atoms with Gasteiger partial charge < -0.3 is 5.11 Å². The van der Waals surface area contributed by atoms with Crippen LogP contribution < -0.4 is 0 Å². The van der Waals surface area contributed by atoms with Crippen molar-refractivity contribution in [3.63, 3.8) is 0 Å². The van der Waals surface area contributed by atoms with E-state index in [1.807, 2.05) is 11.6 Å². The molecule has 0 bridgehead atoms. The second-order valence-corrected chi connectivity index (χ2v) is 5.93. The van der Waals surface area contributed by atoms with E-state index < -0.39 is 5.60 Å². The monoisotopic (exact) mass is 272 g/mol. The summed E-state index contributed by atoms with van der Waals surface area (Å²) in [4.78, 5) is 4.14. The van der Waals surface area contributed by atoms with Gasteiger partial charge in [0.2, 0.25) is 0 Å². The predicted octanol–water partition coefficient (Wildman–Crippen LogP) is 1.75. The van der Waals surface area contributed by atoms with Crippen molar-refractivity contribution in [2.75, 3.05) is 0 Å². The Morgan fingerprint density at radius 2 is 2.24 bits per heavy atom. The van der Waals surface area contributed by atoms with Gasteiger partial charge in [0.15, 0.2) is 4.47 Å². The lowest BCUT2D eigenvalue weighted by atomic mass is 10.0. The summed E-state index contributed by atoms with van der Waals surface area (Å²) in [6, 6.07) is 0. The summed E-state index contributed by atoms with van der Waals surface area (Å²) in [5, 5.41) is 19.5. The van der Waals surface area contributed by atoms with Crippen LogP contribution in [0.2, 0.25) is 4.47 Å². The van der Waals surface area contributed by atoms with E-state index >= 15 is 0 Å². The van der Waals surface area contributed by atoms with Crippen LogP contribution in [0.15, 0.2) is 11.6 Å². The zero-order valence-electron chi connectivity index (χ0n) is 9.59. The van der Waals surface area contributed by atoms with E-state index in [4.69, 9.17) is 11.6 Å². The van der Waals surface area contributed by atoms with Gasteiger partial charge >= 0.3 is 0 Å². The van der Waals surface area contributed by atoms with E-state index in [2.05, 4.69) is 15.3 Å². The first-order valence-corrected chi connectivity index (χ1v) is 6.39. The number of hydrogen-bond acceptors (Lipinski definition) is 5. The molecule has 2 heterocycles. The van der Waals surface area contributed by atoms with E-state index in [0.717, 1.165) is 11.4 Å². The van der Waals surface area contributed by atoms with Crippen LogP contribution in [0.1, 0.15) is 25.2 Å². The summed E-state index contributed by atoms with van der Waals surface area (Å²) in [6.07, 6.45) is 2.29. The average Bonchev–Trinajstić information content (AvgIpc) is 2.74. The molecule has 0 radical (unpaired) electrons. The Hall–Kier alpha value is -0.980. The Balaban J connectivity index is 2.03. The SMILES string of the molecule is CC(C)(O)Cc1cn(Cc2csc(Cl)n2)nn1. The molecule has 0 saturated heterocycles. The van der Waals surface area contributed by atoms with Crippen LogP contribution in [0.25, 0.3) is 0 Å². The highest BCUT2D eigenvalue weighted by Crippen LogP contribution is 2.16. The largest absolute Gasteiger partial charge is 0.390 e. The Labute approximate surface area is 108 Å². The van der Waals surface area contributed by atoms with Crippen molar-refractivity contribution in [1.82, 2.24) is 20.0 Å². The van der Waals surface area contributed by atoms with Crippen molar-refractivity contribution in [2.45, 2.75) is 32.4 Å². The van der Waals surface area contributed by atoms with Crippen molar-refractivity contribution < 1.29 is 5.11 Å². The predicted molar refractivity (Wildman–Crippen MR) is 66.2 cm³/mol. The van der Waals surface area contributed by atoms with E-state index in [-0.39, 0.29) is 0 Å². The Bertz CT molecular complexity index is 502. The first kappa shape index (κ1) is 12.5. The third kappa shape index (κ3) is 3.76. The van der Waals surface area contributed by atoms with Crippen LogP contribution in [-0.4, -0.2) is 30.7 Å². The molecule has 0 spiro atoms. The fourth-order valence-electron chi connectivity index (χ4n) is 1.46. The maximum atomic E-state index is 9.67. The van der Waals surface area contributed by atoms with Crippen LogP contribution in [0, 0.1) is 0 Å². The van der Waals surface area contributed by atoms with E-state index in [0.29, 0.717) is 17.4 Å². The van der Waals surface area contributed by atoms with E-state index in [1.54, 1.807) is 18.5 Å². The van der Waals surface area contributed by atoms with Crippen molar-refractivity contribution in [1.29, 1.82) is 0 Å². The maximum absolute atomic E-state index is 9.67. The molecule has 0 aliphatic rings. The van der Waals surface area contributed by atoms with E-state index in [9.17, 15) is 5.11 Å². The van der Waals surface area contributed by atoms with Gasteiger partial charge in [-0.3, -0.25) is 0 Å². The van der Waals surface area contributed by atoms with Crippen molar-refractivity contribution in [3.8, 4) is 0 Å². The molecule has 0 aliphatic carbocycles. The second-order valence-electron chi connectivity index (χ2n) is 4.49. The third-order valence-electron chi connectivity index (χ3n) is 2.05. The molecule has 1 N–H and O–H groups in total. The van der Waals surface area contributed by atoms with Gasteiger partial charge in [0.1, 0.15) is 0 Å². The molecule has 2 rings (SSSR count). The minimum absolute atomic E-state index is 0.477. The summed E-state index contributed by atoms with van der Waals surface area (Å²) in [5.41, 5.74) is 0.851. The summed E-state index contributed by atoms with van der Waals surface area (Å²) in [6.45, 7) is 4.03. The molecule has 0 atom stereocenters. The number of hydrogen-bond donors (Lipinski definition) is 1. The Morgan fingerprint density at radius 3 is 2.82 bits per heavy atom. The summed E-state index contributed by atoms with van der Waals surface area (Å²) < 4.78 is 2.21. The topological polar surface area (TPSA) is 63.8 Å². The molecule has 0 aromatic carbocycles.